The van der Waals surface area contributed by atoms with Crippen molar-refractivity contribution in [3.8, 4) is 0 Å². The Morgan fingerprint density at radius 1 is 1.09 bits per heavy atom. The lowest BCUT2D eigenvalue weighted by Gasteiger charge is -2.32. The predicted octanol–water partition coefficient (Wildman–Crippen LogP) is 4.47. The fraction of sp³-hybridized carbons (Fsp3) is 0.346. The molecule has 1 aliphatic carbocycles. The molecule has 0 spiro atoms. The topological polar surface area (TPSA) is 91.7 Å². The Morgan fingerprint density at radius 3 is 2.56 bits per heavy atom. The predicted molar refractivity (Wildman–Crippen MR) is 132 cm³/mol. The Labute approximate surface area is 203 Å². The number of benzene rings is 1. The normalized spacial score (nSPS) is 14.5. The van der Waals surface area contributed by atoms with Crippen molar-refractivity contribution in [1.29, 1.82) is 0 Å². The molecule has 2 aromatic heterocycles. The molecule has 0 aliphatic heterocycles. The molecule has 178 valence electrons. The molecule has 2 heterocycles. The van der Waals surface area contributed by atoms with Gasteiger partial charge in [0.05, 0.1) is 17.7 Å². The molecule has 1 saturated carbocycles. The monoisotopic (exact) mass is 479 g/mol. The third kappa shape index (κ3) is 5.39. The van der Waals surface area contributed by atoms with Gasteiger partial charge in [-0.2, -0.15) is 0 Å². The zero-order valence-electron chi connectivity index (χ0n) is 19.2. The third-order valence-electron chi connectivity index (χ3n) is 6.07. The summed E-state index contributed by atoms with van der Waals surface area (Å²) in [6.07, 6.45) is 6.17. The van der Waals surface area contributed by atoms with Gasteiger partial charge >= 0.3 is 0 Å². The van der Waals surface area contributed by atoms with Gasteiger partial charge in [-0.1, -0.05) is 44.0 Å². The van der Waals surface area contributed by atoms with Gasteiger partial charge in [-0.25, -0.2) is 0 Å². The van der Waals surface area contributed by atoms with E-state index in [2.05, 4.69) is 10.6 Å². The van der Waals surface area contributed by atoms with Gasteiger partial charge in [-0.15, -0.1) is 11.3 Å². The Bertz CT molecular complexity index is 1110. The van der Waals surface area contributed by atoms with Gasteiger partial charge in [0, 0.05) is 11.7 Å². The first-order chi connectivity index (χ1) is 16.6. The number of furan rings is 1. The lowest BCUT2D eigenvalue weighted by atomic mass is 10.0. The second kappa shape index (κ2) is 11.2. The van der Waals surface area contributed by atoms with Crippen LogP contribution in [0.15, 0.2) is 64.6 Å². The Balaban J connectivity index is 1.67. The molecule has 3 amide bonds. The van der Waals surface area contributed by atoms with Crippen LogP contribution in [0, 0.1) is 0 Å². The van der Waals surface area contributed by atoms with E-state index in [1.165, 1.54) is 22.5 Å². The summed E-state index contributed by atoms with van der Waals surface area (Å²) in [5.41, 5.74) is 1.55. The highest BCUT2D eigenvalue weighted by Gasteiger charge is 2.37. The van der Waals surface area contributed by atoms with Crippen molar-refractivity contribution in [2.24, 2.45) is 0 Å². The number of carbonyl (C=O) groups is 3. The summed E-state index contributed by atoms with van der Waals surface area (Å²) in [7, 11) is 0. The largest absolute Gasteiger partial charge is 0.467 e. The van der Waals surface area contributed by atoms with Gasteiger partial charge in [0.2, 0.25) is 5.91 Å². The number of carbonyl (C=O) groups excluding carboxylic acids is 3. The molecule has 1 aliphatic rings. The van der Waals surface area contributed by atoms with E-state index in [0.29, 0.717) is 22.7 Å². The second-order valence-electron chi connectivity index (χ2n) is 8.31. The second-order valence-corrected chi connectivity index (χ2v) is 9.26. The molecule has 8 heteroatoms. The number of anilines is 1. The highest BCUT2D eigenvalue weighted by atomic mass is 32.1. The van der Waals surface area contributed by atoms with Crippen LogP contribution in [0.4, 0.5) is 5.69 Å². The Hall–Kier alpha value is -3.39. The lowest BCUT2D eigenvalue weighted by Crippen LogP contribution is -2.49. The lowest BCUT2D eigenvalue weighted by molar-refractivity contribution is -0.127. The van der Waals surface area contributed by atoms with Crippen molar-refractivity contribution in [3.63, 3.8) is 0 Å². The summed E-state index contributed by atoms with van der Waals surface area (Å²) in [6.45, 7) is 1.75. The SMILES string of the molecule is CCc1ccccc1N(C(=O)CNC(=O)c1cccs1)[C@H](C(=O)NC1CCCC1)c1ccco1. The maximum absolute atomic E-state index is 13.7. The number of hydrogen-bond acceptors (Lipinski definition) is 5. The summed E-state index contributed by atoms with van der Waals surface area (Å²) in [5.74, 6) is -0.629. The number of para-hydroxylation sites is 1. The van der Waals surface area contributed by atoms with Crippen molar-refractivity contribution < 1.29 is 18.8 Å². The zero-order valence-corrected chi connectivity index (χ0v) is 20.0. The van der Waals surface area contributed by atoms with E-state index in [4.69, 9.17) is 4.42 Å². The Morgan fingerprint density at radius 2 is 1.88 bits per heavy atom. The van der Waals surface area contributed by atoms with Crippen molar-refractivity contribution in [3.05, 3.63) is 76.4 Å². The number of aryl methyl sites for hydroxylation is 1. The number of rotatable bonds is 9. The first-order valence-corrected chi connectivity index (χ1v) is 12.5. The summed E-state index contributed by atoms with van der Waals surface area (Å²) >= 11 is 1.30. The molecular weight excluding hydrogens is 450 g/mol. The average Bonchev–Trinajstić information content (AvgIpc) is 3.64. The van der Waals surface area contributed by atoms with Gasteiger partial charge in [-0.05, 0) is 54.5 Å². The van der Waals surface area contributed by atoms with Crippen LogP contribution in [0.3, 0.4) is 0 Å². The molecule has 0 unspecified atom stereocenters. The zero-order chi connectivity index (χ0) is 23.9. The fourth-order valence-electron chi connectivity index (χ4n) is 4.37. The number of amides is 3. The van der Waals surface area contributed by atoms with Crippen LogP contribution in [-0.2, 0) is 16.0 Å². The van der Waals surface area contributed by atoms with Crippen LogP contribution < -0.4 is 15.5 Å². The van der Waals surface area contributed by atoms with Crippen LogP contribution in [0.25, 0.3) is 0 Å². The molecule has 7 nitrogen and oxygen atoms in total. The van der Waals surface area contributed by atoms with Crippen LogP contribution in [-0.4, -0.2) is 30.3 Å². The highest BCUT2D eigenvalue weighted by molar-refractivity contribution is 7.12. The minimum absolute atomic E-state index is 0.0851. The molecule has 3 aromatic rings. The van der Waals surface area contributed by atoms with Crippen LogP contribution in [0.1, 0.15) is 59.6 Å². The Kier molecular flexibility index (Phi) is 7.80. The molecule has 1 fully saturated rings. The van der Waals surface area contributed by atoms with Gasteiger partial charge in [0.15, 0.2) is 6.04 Å². The van der Waals surface area contributed by atoms with Crippen LogP contribution >= 0.6 is 11.3 Å². The molecule has 1 atom stereocenters. The maximum atomic E-state index is 13.7. The number of thiophene rings is 1. The highest BCUT2D eigenvalue weighted by Crippen LogP contribution is 2.32. The minimum Gasteiger partial charge on any atom is -0.467 e. The fourth-order valence-corrected chi connectivity index (χ4v) is 5.01. The molecule has 34 heavy (non-hydrogen) atoms. The van der Waals surface area contributed by atoms with E-state index in [9.17, 15) is 14.4 Å². The summed E-state index contributed by atoms with van der Waals surface area (Å²) in [5, 5.41) is 7.63. The molecule has 1 aromatic carbocycles. The molecule has 0 saturated heterocycles. The first-order valence-electron chi connectivity index (χ1n) is 11.6. The molecule has 2 N–H and O–H groups in total. The van der Waals surface area contributed by atoms with Crippen molar-refractivity contribution in [2.45, 2.75) is 51.1 Å². The standard InChI is InChI=1S/C26H29N3O4S/c1-2-18-9-3-6-12-20(18)29(23(30)17-27-25(31)22-14-8-16-34-22)24(21-13-7-15-33-21)26(32)28-19-10-4-5-11-19/h3,6-9,12-16,19,24H,2,4-5,10-11,17H2,1H3,(H,27,31)(H,28,32)/t24-/m0/s1. The van der Waals surface area contributed by atoms with Crippen molar-refractivity contribution in [1.82, 2.24) is 10.6 Å². The van der Waals surface area contributed by atoms with E-state index in [1.807, 2.05) is 31.2 Å². The molecule has 0 bridgehead atoms. The van der Waals surface area contributed by atoms with Gasteiger partial charge in [0.1, 0.15) is 5.76 Å². The average molecular weight is 480 g/mol. The van der Waals surface area contributed by atoms with Gasteiger partial charge < -0.3 is 15.1 Å². The van der Waals surface area contributed by atoms with Crippen LogP contribution in [0.5, 0.6) is 0 Å². The summed E-state index contributed by atoms with van der Waals surface area (Å²) in [6, 6.07) is 13.5. The smallest absolute Gasteiger partial charge is 0.261 e. The molecule has 4 rings (SSSR count). The van der Waals surface area contributed by atoms with E-state index in [1.54, 1.807) is 29.6 Å². The van der Waals surface area contributed by atoms with Gasteiger partial charge in [-0.3, -0.25) is 19.3 Å². The minimum atomic E-state index is -0.991. The van der Waals surface area contributed by atoms with Gasteiger partial charge in [0.25, 0.3) is 11.8 Å². The summed E-state index contributed by atoms with van der Waals surface area (Å²) < 4.78 is 5.65. The van der Waals surface area contributed by atoms with Crippen LogP contribution in [0.2, 0.25) is 0 Å². The molecular formula is C26H29N3O4S. The van der Waals surface area contributed by atoms with E-state index in [-0.39, 0.29) is 24.4 Å². The first kappa shape index (κ1) is 23.8. The van der Waals surface area contributed by atoms with E-state index < -0.39 is 11.9 Å². The third-order valence-corrected chi connectivity index (χ3v) is 6.94. The number of hydrogen-bond donors (Lipinski definition) is 2. The quantitative estimate of drug-likeness (QED) is 0.474. The maximum Gasteiger partial charge on any atom is 0.261 e. The summed E-state index contributed by atoms with van der Waals surface area (Å²) in [4.78, 5) is 41.7. The number of nitrogens with zero attached hydrogens (tertiary/aromatic N) is 1. The molecule has 0 radical (unpaired) electrons. The number of nitrogens with one attached hydrogen (secondary N) is 2. The van der Waals surface area contributed by atoms with E-state index in [0.717, 1.165) is 31.2 Å². The van der Waals surface area contributed by atoms with E-state index >= 15 is 0 Å². The van der Waals surface area contributed by atoms with Crippen molar-refractivity contribution in [2.75, 3.05) is 11.4 Å². The van der Waals surface area contributed by atoms with Crippen molar-refractivity contribution >= 4 is 34.7 Å².